The number of carbonyl (C=O) groups excluding carboxylic acids is 2. The Morgan fingerprint density at radius 2 is 1.88 bits per heavy atom. The Morgan fingerprint density at radius 3 is 2.50 bits per heavy atom. The number of methoxy groups -OCH3 is 1. The van der Waals surface area contributed by atoms with Gasteiger partial charge in [0.25, 0.3) is 5.91 Å². The van der Waals surface area contributed by atoms with E-state index in [0.717, 1.165) is 12.8 Å². The van der Waals surface area contributed by atoms with Crippen LogP contribution in [0.5, 0.6) is 0 Å². The summed E-state index contributed by atoms with van der Waals surface area (Å²) in [6.07, 6.45) is 1.60. The highest BCUT2D eigenvalue weighted by molar-refractivity contribution is 5.94. The third-order valence-corrected chi connectivity index (χ3v) is 5.00. The molecule has 6 heteroatoms. The molecule has 2 saturated heterocycles. The van der Waals surface area contributed by atoms with Crippen molar-refractivity contribution in [2.45, 2.75) is 25.4 Å². The van der Waals surface area contributed by atoms with E-state index in [-0.39, 0.29) is 29.2 Å². The summed E-state index contributed by atoms with van der Waals surface area (Å²) in [6.45, 7) is 4.25. The Kier molecular flexibility index (Phi) is 4.58. The van der Waals surface area contributed by atoms with Gasteiger partial charge in [0.1, 0.15) is 5.82 Å². The molecular weight excluding hydrogens is 311 g/mol. The Bertz CT molecular complexity index is 626. The van der Waals surface area contributed by atoms with E-state index in [1.807, 2.05) is 6.92 Å². The van der Waals surface area contributed by atoms with Gasteiger partial charge in [0.15, 0.2) is 0 Å². The van der Waals surface area contributed by atoms with Crippen LogP contribution in [0.3, 0.4) is 0 Å². The second kappa shape index (κ2) is 6.51. The Morgan fingerprint density at radius 1 is 1.21 bits per heavy atom. The lowest BCUT2D eigenvalue weighted by Crippen LogP contribution is -2.64. The zero-order valence-electron chi connectivity index (χ0n) is 14.1. The molecule has 0 spiro atoms. The summed E-state index contributed by atoms with van der Waals surface area (Å²) in [6, 6.07) is 5.54. The minimum Gasteiger partial charge on any atom is -0.375 e. The summed E-state index contributed by atoms with van der Waals surface area (Å²) in [5.41, 5.74) is 0.217. The molecule has 0 aliphatic carbocycles. The van der Waals surface area contributed by atoms with Crippen LogP contribution >= 0.6 is 0 Å². The van der Waals surface area contributed by atoms with E-state index >= 15 is 0 Å². The molecule has 0 bridgehead atoms. The van der Waals surface area contributed by atoms with Crippen molar-refractivity contribution in [3.63, 3.8) is 0 Å². The molecule has 0 saturated carbocycles. The first kappa shape index (κ1) is 16.9. The van der Waals surface area contributed by atoms with Crippen molar-refractivity contribution in [1.82, 2.24) is 9.80 Å². The van der Waals surface area contributed by atoms with Crippen LogP contribution in [0.2, 0.25) is 0 Å². The van der Waals surface area contributed by atoms with Gasteiger partial charge in [0, 0.05) is 25.8 Å². The number of ether oxygens (including phenoxy) is 1. The molecule has 1 aromatic rings. The molecule has 5 nitrogen and oxygen atoms in total. The molecule has 2 aliphatic rings. The molecule has 2 heterocycles. The van der Waals surface area contributed by atoms with Gasteiger partial charge in [-0.3, -0.25) is 9.59 Å². The minimum atomic E-state index is -0.364. The summed E-state index contributed by atoms with van der Waals surface area (Å²) in [5, 5.41) is 0. The molecule has 2 fully saturated rings. The molecular formula is C18H23FN2O3. The van der Waals surface area contributed by atoms with Crippen molar-refractivity contribution in [2.75, 3.05) is 33.3 Å². The average molecular weight is 334 g/mol. The van der Waals surface area contributed by atoms with Crippen LogP contribution in [0.25, 0.3) is 0 Å². The largest absolute Gasteiger partial charge is 0.375 e. The average Bonchev–Trinajstić information content (AvgIpc) is 2.58. The van der Waals surface area contributed by atoms with E-state index in [0.29, 0.717) is 31.7 Å². The fraction of sp³-hybridized carbons (Fsp3) is 0.556. The minimum absolute atomic E-state index is 0.0983. The van der Waals surface area contributed by atoms with Crippen molar-refractivity contribution in [1.29, 1.82) is 0 Å². The van der Waals surface area contributed by atoms with Crippen LogP contribution in [0.15, 0.2) is 24.3 Å². The van der Waals surface area contributed by atoms with Crippen molar-refractivity contribution in [2.24, 2.45) is 5.92 Å². The molecule has 1 aromatic carbocycles. The summed E-state index contributed by atoms with van der Waals surface area (Å²) in [7, 11) is 1.66. The van der Waals surface area contributed by atoms with E-state index in [2.05, 4.69) is 0 Å². The predicted octanol–water partition coefficient (Wildman–Crippen LogP) is 1.93. The first-order valence-corrected chi connectivity index (χ1v) is 8.31. The number of halogens is 1. The van der Waals surface area contributed by atoms with Gasteiger partial charge in [-0.25, -0.2) is 4.39 Å². The van der Waals surface area contributed by atoms with Crippen LogP contribution in [0.4, 0.5) is 4.39 Å². The number of amides is 2. The van der Waals surface area contributed by atoms with Crippen LogP contribution in [0.1, 0.15) is 30.1 Å². The van der Waals surface area contributed by atoms with Crippen molar-refractivity contribution >= 4 is 11.8 Å². The highest BCUT2D eigenvalue weighted by Gasteiger charge is 2.44. The van der Waals surface area contributed by atoms with Gasteiger partial charge in [-0.1, -0.05) is 0 Å². The van der Waals surface area contributed by atoms with Crippen molar-refractivity contribution < 1.29 is 18.7 Å². The number of benzene rings is 1. The maximum atomic E-state index is 13.0. The summed E-state index contributed by atoms with van der Waals surface area (Å²) in [4.78, 5) is 28.7. The number of hydrogen-bond donors (Lipinski definition) is 0. The van der Waals surface area contributed by atoms with Gasteiger partial charge >= 0.3 is 0 Å². The maximum Gasteiger partial charge on any atom is 0.253 e. The Balaban J connectivity index is 1.61. The lowest BCUT2D eigenvalue weighted by Gasteiger charge is -2.48. The highest BCUT2D eigenvalue weighted by Crippen LogP contribution is 2.28. The Hall–Kier alpha value is -1.95. The topological polar surface area (TPSA) is 49.9 Å². The number of nitrogens with zero attached hydrogens (tertiary/aromatic N) is 2. The number of likely N-dealkylation sites (tertiary alicyclic amines) is 2. The monoisotopic (exact) mass is 334 g/mol. The van der Waals surface area contributed by atoms with E-state index in [4.69, 9.17) is 4.74 Å². The maximum absolute atomic E-state index is 13.0. The lowest BCUT2D eigenvalue weighted by atomic mass is 9.90. The SMILES string of the molecule is COC1(C)CN(C(=O)[C@H]2CCCN(C(=O)c3ccc(F)cc3)C2)C1. The van der Waals surface area contributed by atoms with Crippen molar-refractivity contribution in [3.8, 4) is 0 Å². The quantitative estimate of drug-likeness (QED) is 0.849. The summed E-state index contributed by atoms with van der Waals surface area (Å²) in [5.74, 6) is -0.569. The normalized spacial score (nSPS) is 22.9. The van der Waals surface area contributed by atoms with Gasteiger partial charge < -0.3 is 14.5 Å². The molecule has 2 amide bonds. The highest BCUT2D eigenvalue weighted by atomic mass is 19.1. The van der Waals surface area contributed by atoms with Gasteiger partial charge in [0.05, 0.1) is 24.6 Å². The standard InChI is InChI=1S/C18H23FN2O3/c1-18(24-2)11-21(12-18)17(23)14-4-3-9-20(10-14)16(22)13-5-7-15(19)8-6-13/h5-8,14H,3-4,9-12H2,1-2H3/t14-/m0/s1. The van der Waals surface area contributed by atoms with Gasteiger partial charge in [0.2, 0.25) is 5.91 Å². The number of rotatable bonds is 3. The molecule has 0 radical (unpaired) electrons. The molecule has 0 N–H and O–H groups in total. The molecule has 0 unspecified atom stereocenters. The van der Waals surface area contributed by atoms with Gasteiger partial charge in [-0.05, 0) is 44.0 Å². The van der Waals surface area contributed by atoms with Gasteiger partial charge in [-0.2, -0.15) is 0 Å². The Labute approximate surface area is 141 Å². The number of hydrogen-bond acceptors (Lipinski definition) is 3. The van der Waals surface area contributed by atoms with Crippen LogP contribution < -0.4 is 0 Å². The van der Waals surface area contributed by atoms with E-state index in [1.165, 1.54) is 24.3 Å². The number of carbonyl (C=O) groups is 2. The first-order valence-electron chi connectivity index (χ1n) is 8.31. The molecule has 3 rings (SSSR count). The van der Waals surface area contributed by atoms with Crippen molar-refractivity contribution in [3.05, 3.63) is 35.6 Å². The first-order chi connectivity index (χ1) is 11.4. The molecule has 1 atom stereocenters. The third-order valence-electron chi connectivity index (χ3n) is 5.00. The van der Waals surface area contributed by atoms with Crippen LogP contribution in [-0.2, 0) is 9.53 Å². The zero-order chi connectivity index (χ0) is 17.3. The zero-order valence-corrected chi connectivity index (χ0v) is 14.1. The van der Waals surface area contributed by atoms with E-state index < -0.39 is 0 Å². The molecule has 2 aliphatic heterocycles. The fourth-order valence-electron chi connectivity index (χ4n) is 3.44. The summed E-state index contributed by atoms with van der Waals surface area (Å²) >= 11 is 0. The smallest absolute Gasteiger partial charge is 0.253 e. The van der Waals surface area contributed by atoms with E-state index in [1.54, 1.807) is 16.9 Å². The van der Waals surface area contributed by atoms with Crippen LogP contribution in [0, 0.1) is 11.7 Å². The second-order valence-corrected chi connectivity index (χ2v) is 6.95. The summed E-state index contributed by atoms with van der Waals surface area (Å²) < 4.78 is 18.4. The molecule has 24 heavy (non-hydrogen) atoms. The fourth-order valence-corrected chi connectivity index (χ4v) is 3.44. The second-order valence-electron chi connectivity index (χ2n) is 6.95. The third kappa shape index (κ3) is 3.29. The lowest BCUT2D eigenvalue weighted by molar-refractivity contribution is -0.163. The molecule has 130 valence electrons. The predicted molar refractivity (Wildman–Crippen MR) is 87.0 cm³/mol. The van der Waals surface area contributed by atoms with Gasteiger partial charge in [-0.15, -0.1) is 0 Å². The number of piperidine rings is 1. The molecule has 0 aromatic heterocycles. The van der Waals surface area contributed by atoms with E-state index in [9.17, 15) is 14.0 Å². The van der Waals surface area contributed by atoms with Crippen LogP contribution in [-0.4, -0.2) is 60.5 Å².